The van der Waals surface area contributed by atoms with Crippen LogP contribution >= 0.6 is 0 Å². The summed E-state index contributed by atoms with van der Waals surface area (Å²) in [7, 11) is 3.61. The summed E-state index contributed by atoms with van der Waals surface area (Å²) in [6.45, 7) is 3.48. The number of hydrogen-bond acceptors (Lipinski definition) is 6. The van der Waals surface area contributed by atoms with Crippen molar-refractivity contribution >= 4 is 0 Å². The standard InChI is InChI=1S/C27H34N2O4/c1-29(19-22-9-5-3-6-10-22)20-24(30)21-33-27-17-23(13-14-26(27)31-2)18-28-15-16-32-25-11-7-4-8-12-25/h3-14,17,24,28,30H,15-16,18-21H2,1-2H3/t24-/m0/s1. The van der Waals surface area contributed by atoms with Crippen molar-refractivity contribution in [3.8, 4) is 17.2 Å². The Morgan fingerprint density at radius 1 is 0.879 bits per heavy atom. The third kappa shape index (κ3) is 8.77. The maximum Gasteiger partial charge on any atom is 0.161 e. The number of nitrogens with one attached hydrogen (secondary N) is 1. The number of hydrogen-bond donors (Lipinski definition) is 2. The summed E-state index contributed by atoms with van der Waals surface area (Å²) in [6, 6.07) is 25.8. The second kappa shape index (κ2) is 13.5. The van der Waals surface area contributed by atoms with Crippen LogP contribution in [-0.2, 0) is 13.1 Å². The number of methoxy groups -OCH3 is 1. The number of aliphatic hydroxyl groups is 1. The van der Waals surface area contributed by atoms with E-state index in [4.69, 9.17) is 14.2 Å². The number of para-hydroxylation sites is 1. The van der Waals surface area contributed by atoms with Crippen LogP contribution in [0.5, 0.6) is 17.2 Å². The van der Waals surface area contributed by atoms with Crippen molar-refractivity contribution in [1.82, 2.24) is 10.2 Å². The normalized spacial score (nSPS) is 11.9. The maximum atomic E-state index is 10.5. The summed E-state index contributed by atoms with van der Waals surface area (Å²) in [5.41, 5.74) is 2.28. The Balaban J connectivity index is 1.42. The van der Waals surface area contributed by atoms with Gasteiger partial charge in [0.05, 0.1) is 7.11 Å². The molecule has 6 heteroatoms. The quantitative estimate of drug-likeness (QED) is 0.365. The van der Waals surface area contributed by atoms with Gasteiger partial charge in [0.1, 0.15) is 25.1 Å². The fourth-order valence-electron chi connectivity index (χ4n) is 3.49. The molecule has 0 unspecified atom stereocenters. The van der Waals surface area contributed by atoms with E-state index in [1.807, 2.05) is 73.8 Å². The number of likely N-dealkylation sites (N-methyl/N-ethyl adjacent to an activating group) is 1. The molecule has 0 fully saturated rings. The molecule has 33 heavy (non-hydrogen) atoms. The molecule has 176 valence electrons. The van der Waals surface area contributed by atoms with Gasteiger partial charge in [0, 0.05) is 26.2 Å². The first-order valence-electron chi connectivity index (χ1n) is 11.2. The maximum absolute atomic E-state index is 10.5. The predicted molar refractivity (Wildman–Crippen MR) is 131 cm³/mol. The molecule has 0 aliphatic carbocycles. The van der Waals surface area contributed by atoms with Crippen molar-refractivity contribution in [2.24, 2.45) is 0 Å². The number of aliphatic hydroxyl groups excluding tert-OH is 1. The molecule has 3 aromatic carbocycles. The van der Waals surface area contributed by atoms with Gasteiger partial charge in [0.2, 0.25) is 0 Å². The Bertz CT molecular complexity index is 937. The molecule has 0 saturated heterocycles. The molecule has 0 radical (unpaired) electrons. The summed E-state index contributed by atoms with van der Waals surface area (Å²) in [4.78, 5) is 2.08. The average molecular weight is 451 g/mol. The first kappa shape index (κ1) is 24.6. The van der Waals surface area contributed by atoms with Crippen LogP contribution in [0, 0.1) is 0 Å². The lowest BCUT2D eigenvalue weighted by Crippen LogP contribution is -2.32. The number of rotatable bonds is 14. The van der Waals surface area contributed by atoms with E-state index in [1.165, 1.54) is 5.56 Å². The van der Waals surface area contributed by atoms with Crippen LogP contribution in [0.2, 0.25) is 0 Å². The number of benzene rings is 3. The molecule has 0 amide bonds. The summed E-state index contributed by atoms with van der Waals surface area (Å²) in [6.07, 6.45) is -0.611. The lowest BCUT2D eigenvalue weighted by atomic mass is 10.2. The Labute approximate surface area is 196 Å². The Morgan fingerprint density at radius 3 is 2.33 bits per heavy atom. The predicted octanol–water partition coefficient (Wildman–Crippen LogP) is 3.74. The topological polar surface area (TPSA) is 63.2 Å². The molecule has 0 bridgehead atoms. The van der Waals surface area contributed by atoms with E-state index in [2.05, 4.69) is 22.3 Å². The van der Waals surface area contributed by atoms with Gasteiger partial charge in [-0.05, 0) is 42.4 Å². The lowest BCUT2D eigenvalue weighted by molar-refractivity contribution is 0.0732. The van der Waals surface area contributed by atoms with Gasteiger partial charge in [0.15, 0.2) is 11.5 Å². The third-order valence-corrected chi connectivity index (χ3v) is 5.10. The molecule has 0 aliphatic heterocycles. The monoisotopic (exact) mass is 450 g/mol. The molecule has 0 saturated carbocycles. The van der Waals surface area contributed by atoms with E-state index in [-0.39, 0.29) is 6.61 Å². The zero-order chi connectivity index (χ0) is 23.3. The van der Waals surface area contributed by atoms with Crippen molar-refractivity contribution in [3.63, 3.8) is 0 Å². The summed E-state index contributed by atoms with van der Waals surface area (Å²) >= 11 is 0. The van der Waals surface area contributed by atoms with Crippen LogP contribution in [0.25, 0.3) is 0 Å². The highest BCUT2D eigenvalue weighted by Crippen LogP contribution is 2.28. The molecule has 6 nitrogen and oxygen atoms in total. The van der Waals surface area contributed by atoms with E-state index in [0.29, 0.717) is 31.2 Å². The number of ether oxygens (including phenoxy) is 3. The highest BCUT2D eigenvalue weighted by molar-refractivity contribution is 5.43. The third-order valence-electron chi connectivity index (χ3n) is 5.10. The van der Waals surface area contributed by atoms with Crippen molar-refractivity contribution in [1.29, 1.82) is 0 Å². The molecule has 1 atom stereocenters. The fourth-order valence-corrected chi connectivity index (χ4v) is 3.49. The van der Waals surface area contributed by atoms with Gasteiger partial charge in [0.25, 0.3) is 0 Å². The van der Waals surface area contributed by atoms with Crippen molar-refractivity contribution in [2.75, 3.05) is 40.5 Å². The molecule has 0 aliphatic rings. The Morgan fingerprint density at radius 2 is 1.61 bits per heavy atom. The molecule has 3 aromatic rings. The SMILES string of the molecule is COc1ccc(CNCCOc2ccccc2)cc1OC[C@@H](O)CN(C)Cc1ccccc1. The van der Waals surface area contributed by atoms with Gasteiger partial charge < -0.3 is 24.6 Å². The zero-order valence-corrected chi connectivity index (χ0v) is 19.4. The first-order chi connectivity index (χ1) is 16.1. The Hall–Kier alpha value is -3.06. The van der Waals surface area contributed by atoms with Crippen molar-refractivity contribution < 1.29 is 19.3 Å². The van der Waals surface area contributed by atoms with E-state index >= 15 is 0 Å². The minimum atomic E-state index is -0.611. The summed E-state index contributed by atoms with van der Waals surface area (Å²) in [5, 5.41) is 13.8. The second-order valence-electron chi connectivity index (χ2n) is 7.97. The van der Waals surface area contributed by atoms with Crippen LogP contribution < -0.4 is 19.5 Å². The fraction of sp³-hybridized carbons (Fsp3) is 0.333. The van der Waals surface area contributed by atoms with Gasteiger partial charge in [-0.1, -0.05) is 54.6 Å². The largest absolute Gasteiger partial charge is 0.493 e. The molecule has 3 rings (SSSR count). The number of nitrogens with zero attached hydrogens (tertiary/aromatic N) is 1. The molecular formula is C27H34N2O4. The summed E-state index contributed by atoms with van der Waals surface area (Å²) < 4.78 is 17.0. The first-order valence-corrected chi connectivity index (χ1v) is 11.2. The van der Waals surface area contributed by atoms with Gasteiger partial charge in [-0.2, -0.15) is 0 Å². The highest BCUT2D eigenvalue weighted by Gasteiger charge is 2.12. The van der Waals surface area contributed by atoms with Crippen LogP contribution in [0.1, 0.15) is 11.1 Å². The molecule has 0 aromatic heterocycles. The van der Waals surface area contributed by atoms with Gasteiger partial charge in [-0.15, -0.1) is 0 Å². The van der Waals surface area contributed by atoms with Gasteiger partial charge in [-0.25, -0.2) is 0 Å². The van der Waals surface area contributed by atoms with E-state index in [9.17, 15) is 5.11 Å². The van der Waals surface area contributed by atoms with Crippen molar-refractivity contribution in [2.45, 2.75) is 19.2 Å². The lowest BCUT2D eigenvalue weighted by Gasteiger charge is -2.21. The average Bonchev–Trinajstić information content (AvgIpc) is 2.84. The van der Waals surface area contributed by atoms with E-state index < -0.39 is 6.10 Å². The van der Waals surface area contributed by atoms with E-state index in [0.717, 1.165) is 24.4 Å². The molecule has 0 heterocycles. The Kier molecular flexibility index (Phi) is 10.0. The summed E-state index contributed by atoms with van der Waals surface area (Å²) in [5.74, 6) is 2.14. The second-order valence-corrected chi connectivity index (χ2v) is 7.97. The van der Waals surface area contributed by atoms with Crippen molar-refractivity contribution in [3.05, 3.63) is 90.0 Å². The zero-order valence-electron chi connectivity index (χ0n) is 19.4. The molecular weight excluding hydrogens is 416 g/mol. The van der Waals surface area contributed by atoms with Crippen LogP contribution in [-0.4, -0.2) is 56.6 Å². The van der Waals surface area contributed by atoms with Gasteiger partial charge in [-0.3, -0.25) is 4.90 Å². The van der Waals surface area contributed by atoms with Crippen LogP contribution in [0.15, 0.2) is 78.9 Å². The molecule has 0 spiro atoms. The van der Waals surface area contributed by atoms with Gasteiger partial charge >= 0.3 is 0 Å². The van der Waals surface area contributed by atoms with Crippen LogP contribution in [0.3, 0.4) is 0 Å². The minimum Gasteiger partial charge on any atom is -0.493 e. The van der Waals surface area contributed by atoms with E-state index in [1.54, 1.807) is 7.11 Å². The smallest absolute Gasteiger partial charge is 0.161 e. The highest BCUT2D eigenvalue weighted by atomic mass is 16.5. The minimum absolute atomic E-state index is 0.192. The molecule has 2 N–H and O–H groups in total. The van der Waals surface area contributed by atoms with Crippen LogP contribution in [0.4, 0.5) is 0 Å².